The Balaban J connectivity index is 1.97. The Hall–Kier alpha value is -2.41. The van der Waals surface area contributed by atoms with Crippen LogP contribution in [0.15, 0.2) is 47.6 Å². The molecule has 1 heterocycles. The summed E-state index contributed by atoms with van der Waals surface area (Å²) in [5.41, 5.74) is 2.22. The van der Waals surface area contributed by atoms with Gasteiger partial charge >= 0.3 is 0 Å². The molecule has 0 saturated heterocycles. The second kappa shape index (κ2) is 7.23. The number of anilines is 1. The van der Waals surface area contributed by atoms with Crippen LogP contribution in [0, 0.1) is 6.92 Å². The predicted octanol–water partition coefficient (Wildman–Crippen LogP) is 1.52. The van der Waals surface area contributed by atoms with Gasteiger partial charge in [0.05, 0.1) is 17.1 Å². The van der Waals surface area contributed by atoms with Gasteiger partial charge in [-0.15, -0.1) is 0 Å². The van der Waals surface area contributed by atoms with Crippen molar-refractivity contribution in [2.45, 2.75) is 18.4 Å². The van der Waals surface area contributed by atoms with Crippen molar-refractivity contribution >= 4 is 21.4 Å². The number of hydrogen-bond donors (Lipinski definition) is 2. The van der Waals surface area contributed by atoms with Gasteiger partial charge in [-0.25, -0.2) is 8.42 Å². The monoisotopic (exact) mass is 333 g/mol. The summed E-state index contributed by atoms with van der Waals surface area (Å²) in [5.74, 6) is -0.221. The smallest absolute Gasteiger partial charge is 0.239 e. The van der Waals surface area contributed by atoms with Gasteiger partial charge in [-0.2, -0.15) is 0 Å². The second-order valence-corrected chi connectivity index (χ2v) is 7.24. The minimum Gasteiger partial charge on any atom is -0.375 e. The molecule has 0 unspecified atom stereocenters. The number of amides is 1. The number of aromatic nitrogens is 1. The van der Waals surface area contributed by atoms with Crippen molar-refractivity contribution in [2.75, 3.05) is 18.1 Å². The van der Waals surface area contributed by atoms with Crippen LogP contribution in [0.1, 0.15) is 11.1 Å². The fourth-order valence-electron chi connectivity index (χ4n) is 2.02. The maximum Gasteiger partial charge on any atom is 0.239 e. The number of rotatable bonds is 6. The summed E-state index contributed by atoms with van der Waals surface area (Å²) in [7, 11) is -3.36. The van der Waals surface area contributed by atoms with Gasteiger partial charge in [-0.3, -0.25) is 9.78 Å². The van der Waals surface area contributed by atoms with Crippen molar-refractivity contribution in [1.82, 2.24) is 10.3 Å². The molecule has 0 atom stereocenters. The van der Waals surface area contributed by atoms with Crippen LogP contribution >= 0.6 is 0 Å². The molecular weight excluding hydrogens is 314 g/mol. The molecule has 0 aliphatic carbocycles. The SMILES string of the molecule is Cc1ccc(NCC(=O)NCc2ccncc2)c(S(C)(=O)=O)c1. The Kier molecular flexibility index (Phi) is 5.33. The van der Waals surface area contributed by atoms with Gasteiger partial charge in [0.1, 0.15) is 0 Å². The van der Waals surface area contributed by atoms with E-state index in [2.05, 4.69) is 15.6 Å². The highest BCUT2D eigenvalue weighted by atomic mass is 32.2. The zero-order chi connectivity index (χ0) is 16.9. The van der Waals surface area contributed by atoms with E-state index in [1.54, 1.807) is 30.6 Å². The van der Waals surface area contributed by atoms with E-state index in [0.717, 1.165) is 17.4 Å². The van der Waals surface area contributed by atoms with Crippen molar-refractivity contribution < 1.29 is 13.2 Å². The molecule has 0 spiro atoms. The van der Waals surface area contributed by atoms with E-state index in [1.165, 1.54) is 0 Å². The van der Waals surface area contributed by atoms with Gasteiger partial charge in [0.25, 0.3) is 0 Å². The molecule has 0 aliphatic heterocycles. The number of carbonyl (C=O) groups is 1. The lowest BCUT2D eigenvalue weighted by Crippen LogP contribution is -2.29. The van der Waals surface area contributed by atoms with Crippen LogP contribution in [0.25, 0.3) is 0 Å². The number of pyridine rings is 1. The summed E-state index contributed by atoms with van der Waals surface area (Å²) in [6.45, 7) is 2.21. The molecule has 122 valence electrons. The molecule has 0 radical (unpaired) electrons. The third-order valence-corrected chi connectivity index (χ3v) is 4.35. The van der Waals surface area contributed by atoms with Gasteiger partial charge in [0, 0.05) is 25.2 Å². The van der Waals surface area contributed by atoms with Crippen LogP contribution in [-0.4, -0.2) is 32.1 Å². The average molecular weight is 333 g/mol. The van der Waals surface area contributed by atoms with Crippen molar-refractivity contribution in [3.63, 3.8) is 0 Å². The number of carbonyl (C=O) groups excluding carboxylic acids is 1. The molecule has 0 fully saturated rings. The van der Waals surface area contributed by atoms with Gasteiger partial charge in [0.15, 0.2) is 9.84 Å². The third-order valence-electron chi connectivity index (χ3n) is 3.22. The third kappa shape index (κ3) is 5.07. The maximum absolute atomic E-state index is 11.9. The van der Waals surface area contributed by atoms with Crippen LogP contribution < -0.4 is 10.6 Å². The molecule has 23 heavy (non-hydrogen) atoms. The van der Waals surface area contributed by atoms with Crippen LogP contribution in [0.4, 0.5) is 5.69 Å². The van der Waals surface area contributed by atoms with Crippen LogP contribution in [-0.2, 0) is 21.2 Å². The topological polar surface area (TPSA) is 88.2 Å². The summed E-state index contributed by atoms with van der Waals surface area (Å²) in [6.07, 6.45) is 4.46. The van der Waals surface area contributed by atoms with E-state index in [-0.39, 0.29) is 17.3 Å². The lowest BCUT2D eigenvalue weighted by molar-refractivity contribution is -0.119. The molecule has 7 heteroatoms. The normalized spacial score (nSPS) is 11.0. The average Bonchev–Trinajstić information content (AvgIpc) is 2.52. The number of nitrogens with zero attached hydrogens (tertiary/aromatic N) is 1. The zero-order valence-electron chi connectivity index (χ0n) is 13.0. The summed E-state index contributed by atoms with van der Waals surface area (Å²) in [5, 5.41) is 5.64. The molecule has 2 N–H and O–H groups in total. The van der Waals surface area contributed by atoms with E-state index in [9.17, 15) is 13.2 Å². The first-order valence-electron chi connectivity index (χ1n) is 7.06. The maximum atomic E-state index is 11.9. The molecule has 1 aromatic carbocycles. The summed E-state index contributed by atoms with van der Waals surface area (Å²) >= 11 is 0. The van der Waals surface area contributed by atoms with Gasteiger partial charge in [0.2, 0.25) is 5.91 Å². The molecular formula is C16H19N3O3S. The Bertz CT molecular complexity index is 789. The fraction of sp³-hybridized carbons (Fsp3) is 0.250. The first-order chi connectivity index (χ1) is 10.9. The summed E-state index contributed by atoms with van der Waals surface area (Å²) in [4.78, 5) is 16.0. The van der Waals surface area contributed by atoms with Gasteiger partial charge in [-0.1, -0.05) is 6.07 Å². The molecule has 2 aromatic rings. The van der Waals surface area contributed by atoms with E-state index >= 15 is 0 Å². The highest BCUT2D eigenvalue weighted by Gasteiger charge is 2.14. The first kappa shape index (κ1) is 17.0. The van der Waals surface area contributed by atoms with Crippen molar-refractivity contribution in [3.05, 3.63) is 53.9 Å². The Morgan fingerprint density at radius 1 is 1.17 bits per heavy atom. The largest absolute Gasteiger partial charge is 0.375 e. The van der Waals surface area contributed by atoms with Crippen LogP contribution in [0.2, 0.25) is 0 Å². The quantitative estimate of drug-likeness (QED) is 0.837. The van der Waals surface area contributed by atoms with E-state index < -0.39 is 9.84 Å². The van der Waals surface area contributed by atoms with Gasteiger partial charge in [-0.05, 0) is 42.3 Å². The lowest BCUT2D eigenvalue weighted by Gasteiger charge is -2.12. The standard InChI is InChI=1S/C16H19N3O3S/c1-12-3-4-14(15(9-12)23(2,21)22)18-11-16(20)19-10-13-5-7-17-8-6-13/h3-9,18H,10-11H2,1-2H3,(H,19,20). The summed E-state index contributed by atoms with van der Waals surface area (Å²) < 4.78 is 23.6. The number of hydrogen-bond acceptors (Lipinski definition) is 5. The Labute approximate surface area is 135 Å². The molecule has 6 nitrogen and oxygen atoms in total. The first-order valence-corrected chi connectivity index (χ1v) is 8.95. The second-order valence-electron chi connectivity index (χ2n) is 5.26. The Morgan fingerprint density at radius 3 is 2.52 bits per heavy atom. The van der Waals surface area contributed by atoms with E-state index in [0.29, 0.717) is 12.2 Å². The number of benzene rings is 1. The molecule has 0 saturated carbocycles. The van der Waals surface area contributed by atoms with E-state index in [1.807, 2.05) is 19.1 Å². The highest BCUT2D eigenvalue weighted by Crippen LogP contribution is 2.22. The number of sulfone groups is 1. The molecule has 1 aromatic heterocycles. The number of aryl methyl sites for hydroxylation is 1. The minimum atomic E-state index is -3.36. The van der Waals surface area contributed by atoms with E-state index in [4.69, 9.17) is 0 Å². The van der Waals surface area contributed by atoms with Crippen LogP contribution in [0.3, 0.4) is 0 Å². The zero-order valence-corrected chi connectivity index (χ0v) is 13.9. The van der Waals surface area contributed by atoms with Crippen LogP contribution in [0.5, 0.6) is 0 Å². The Morgan fingerprint density at radius 2 is 1.87 bits per heavy atom. The van der Waals surface area contributed by atoms with Crippen molar-refractivity contribution in [1.29, 1.82) is 0 Å². The number of nitrogens with one attached hydrogen (secondary N) is 2. The van der Waals surface area contributed by atoms with Gasteiger partial charge < -0.3 is 10.6 Å². The minimum absolute atomic E-state index is 0.00331. The molecule has 0 aliphatic rings. The molecule has 0 bridgehead atoms. The predicted molar refractivity (Wildman–Crippen MR) is 88.9 cm³/mol. The molecule has 2 rings (SSSR count). The highest BCUT2D eigenvalue weighted by molar-refractivity contribution is 7.90. The lowest BCUT2D eigenvalue weighted by atomic mass is 10.2. The van der Waals surface area contributed by atoms with Crippen molar-refractivity contribution in [3.8, 4) is 0 Å². The summed E-state index contributed by atoms with van der Waals surface area (Å²) in [6, 6.07) is 8.69. The fourth-order valence-corrected chi connectivity index (χ4v) is 2.96. The molecule has 1 amide bonds. The van der Waals surface area contributed by atoms with Crippen molar-refractivity contribution in [2.24, 2.45) is 0 Å².